The van der Waals surface area contributed by atoms with E-state index in [4.69, 9.17) is 4.74 Å². The smallest absolute Gasteiger partial charge is 0.222 e. The Labute approximate surface area is 141 Å². The maximum atomic E-state index is 11.8. The Bertz CT molecular complexity index is 714. The number of benzene rings is 2. The van der Waals surface area contributed by atoms with Gasteiger partial charge in [0, 0.05) is 30.0 Å². The van der Waals surface area contributed by atoms with Gasteiger partial charge in [-0.2, -0.15) is 0 Å². The van der Waals surface area contributed by atoms with Crippen LogP contribution in [0.5, 0.6) is 5.75 Å². The first-order valence-electron chi connectivity index (χ1n) is 7.80. The standard InChI is InChI=1S/C19H21NO2S/c1-22-18-9-8-14(13-20-10-4-7-19(20)21)11-17(18)15-5-3-6-16(12-15)23-2/h3,5-6,8-9,11-12H,4,7,10,13H2,1-2H3. The molecule has 1 aliphatic rings. The Balaban J connectivity index is 1.94. The van der Waals surface area contributed by atoms with E-state index in [1.807, 2.05) is 17.0 Å². The number of rotatable bonds is 5. The summed E-state index contributed by atoms with van der Waals surface area (Å²) in [5, 5.41) is 0. The molecule has 0 radical (unpaired) electrons. The van der Waals surface area contributed by atoms with Gasteiger partial charge in [0.1, 0.15) is 5.75 Å². The van der Waals surface area contributed by atoms with Crippen molar-refractivity contribution in [3.8, 4) is 16.9 Å². The minimum Gasteiger partial charge on any atom is -0.496 e. The maximum absolute atomic E-state index is 11.8. The Morgan fingerprint density at radius 1 is 1.22 bits per heavy atom. The maximum Gasteiger partial charge on any atom is 0.222 e. The van der Waals surface area contributed by atoms with Crippen LogP contribution in [-0.4, -0.2) is 30.7 Å². The molecule has 0 N–H and O–H groups in total. The first-order valence-corrected chi connectivity index (χ1v) is 9.03. The van der Waals surface area contributed by atoms with Gasteiger partial charge < -0.3 is 9.64 Å². The Kier molecular flexibility index (Phi) is 4.91. The van der Waals surface area contributed by atoms with E-state index in [-0.39, 0.29) is 5.91 Å². The molecule has 0 saturated carbocycles. The molecule has 1 heterocycles. The lowest BCUT2D eigenvalue weighted by Gasteiger charge is -2.17. The van der Waals surface area contributed by atoms with Gasteiger partial charge in [0.25, 0.3) is 0 Å². The van der Waals surface area contributed by atoms with Crippen molar-refractivity contribution >= 4 is 17.7 Å². The number of thioether (sulfide) groups is 1. The molecule has 0 aromatic heterocycles. The number of likely N-dealkylation sites (tertiary alicyclic amines) is 1. The predicted octanol–water partition coefficient (Wildman–Crippen LogP) is 4.21. The van der Waals surface area contributed by atoms with Crippen LogP contribution < -0.4 is 4.74 Å². The fourth-order valence-corrected chi connectivity index (χ4v) is 3.42. The lowest BCUT2D eigenvalue weighted by Crippen LogP contribution is -2.23. The topological polar surface area (TPSA) is 29.5 Å². The van der Waals surface area contributed by atoms with Crippen molar-refractivity contribution in [2.24, 2.45) is 0 Å². The van der Waals surface area contributed by atoms with E-state index in [0.717, 1.165) is 35.4 Å². The lowest BCUT2D eigenvalue weighted by molar-refractivity contribution is -0.128. The SMILES string of the molecule is COc1ccc(CN2CCCC2=O)cc1-c1cccc(SC)c1. The first kappa shape index (κ1) is 15.9. The number of ether oxygens (including phenoxy) is 1. The van der Waals surface area contributed by atoms with Crippen LogP contribution in [0, 0.1) is 0 Å². The quantitative estimate of drug-likeness (QED) is 0.771. The third kappa shape index (κ3) is 3.53. The van der Waals surface area contributed by atoms with Crippen molar-refractivity contribution in [2.75, 3.05) is 19.9 Å². The molecule has 4 heteroatoms. The van der Waals surface area contributed by atoms with Crippen LogP contribution in [0.25, 0.3) is 11.1 Å². The van der Waals surface area contributed by atoms with Crippen LogP contribution in [0.15, 0.2) is 47.4 Å². The number of methoxy groups -OCH3 is 1. The second-order valence-corrected chi connectivity index (χ2v) is 6.57. The van der Waals surface area contributed by atoms with Gasteiger partial charge >= 0.3 is 0 Å². The Morgan fingerprint density at radius 2 is 2.09 bits per heavy atom. The van der Waals surface area contributed by atoms with Gasteiger partial charge in [-0.15, -0.1) is 11.8 Å². The molecule has 0 spiro atoms. The molecule has 3 rings (SSSR count). The highest BCUT2D eigenvalue weighted by molar-refractivity contribution is 7.98. The second kappa shape index (κ2) is 7.09. The highest BCUT2D eigenvalue weighted by Crippen LogP contribution is 2.33. The van der Waals surface area contributed by atoms with Crippen molar-refractivity contribution in [1.82, 2.24) is 4.90 Å². The molecule has 0 bridgehead atoms. The molecule has 23 heavy (non-hydrogen) atoms. The first-order chi connectivity index (χ1) is 11.2. The van der Waals surface area contributed by atoms with Crippen LogP contribution >= 0.6 is 11.8 Å². The average Bonchev–Trinajstić information content (AvgIpc) is 2.99. The summed E-state index contributed by atoms with van der Waals surface area (Å²) in [5.41, 5.74) is 3.36. The van der Waals surface area contributed by atoms with Crippen molar-refractivity contribution in [1.29, 1.82) is 0 Å². The van der Waals surface area contributed by atoms with Gasteiger partial charge in [-0.25, -0.2) is 0 Å². The van der Waals surface area contributed by atoms with Gasteiger partial charge in [-0.1, -0.05) is 18.2 Å². The number of carbonyl (C=O) groups excluding carboxylic acids is 1. The average molecular weight is 327 g/mol. The van der Waals surface area contributed by atoms with Crippen LogP contribution in [0.3, 0.4) is 0 Å². The summed E-state index contributed by atoms with van der Waals surface area (Å²) in [6, 6.07) is 14.6. The molecular weight excluding hydrogens is 306 g/mol. The van der Waals surface area contributed by atoms with Crippen LogP contribution in [0.2, 0.25) is 0 Å². The molecule has 0 unspecified atom stereocenters. The molecule has 0 atom stereocenters. The van der Waals surface area contributed by atoms with Gasteiger partial charge in [0.15, 0.2) is 0 Å². The van der Waals surface area contributed by atoms with Crippen molar-refractivity contribution < 1.29 is 9.53 Å². The van der Waals surface area contributed by atoms with Crippen LogP contribution in [-0.2, 0) is 11.3 Å². The zero-order valence-electron chi connectivity index (χ0n) is 13.5. The molecule has 1 fully saturated rings. The summed E-state index contributed by atoms with van der Waals surface area (Å²) in [7, 11) is 1.70. The van der Waals surface area contributed by atoms with Gasteiger partial charge in [0.05, 0.1) is 7.11 Å². The zero-order valence-corrected chi connectivity index (χ0v) is 14.4. The highest BCUT2D eigenvalue weighted by Gasteiger charge is 2.20. The largest absolute Gasteiger partial charge is 0.496 e. The van der Waals surface area contributed by atoms with E-state index in [9.17, 15) is 4.79 Å². The number of amides is 1. The van der Waals surface area contributed by atoms with Crippen LogP contribution in [0.1, 0.15) is 18.4 Å². The summed E-state index contributed by atoms with van der Waals surface area (Å²) >= 11 is 1.73. The van der Waals surface area contributed by atoms with E-state index < -0.39 is 0 Å². The van der Waals surface area contributed by atoms with E-state index in [1.165, 1.54) is 4.90 Å². The van der Waals surface area contributed by atoms with Crippen molar-refractivity contribution in [3.63, 3.8) is 0 Å². The lowest BCUT2D eigenvalue weighted by atomic mass is 10.0. The van der Waals surface area contributed by atoms with Gasteiger partial charge in [-0.05, 0) is 48.1 Å². The monoisotopic (exact) mass is 327 g/mol. The third-order valence-corrected chi connectivity index (χ3v) is 4.91. The van der Waals surface area contributed by atoms with Gasteiger partial charge in [0.2, 0.25) is 5.91 Å². The van der Waals surface area contributed by atoms with E-state index in [0.29, 0.717) is 13.0 Å². The molecule has 1 saturated heterocycles. The zero-order chi connectivity index (χ0) is 16.2. The van der Waals surface area contributed by atoms with Crippen molar-refractivity contribution in [2.45, 2.75) is 24.3 Å². The normalized spacial score (nSPS) is 14.3. The predicted molar refractivity (Wildman–Crippen MR) is 94.9 cm³/mol. The summed E-state index contributed by atoms with van der Waals surface area (Å²) in [5.74, 6) is 1.12. The van der Waals surface area contributed by atoms with E-state index in [1.54, 1.807) is 18.9 Å². The molecule has 0 aliphatic carbocycles. The number of hydrogen-bond acceptors (Lipinski definition) is 3. The fraction of sp³-hybridized carbons (Fsp3) is 0.316. The molecule has 1 amide bonds. The van der Waals surface area contributed by atoms with Crippen molar-refractivity contribution in [3.05, 3.63) is 48.0 Å². The van der Waals surface area contributed by atoms with E-state index in [2.05, 4.69) is 36.6 Å². The molecular formula is C19H21NO2S. The summed E-state index contributed by atoms with van der Waals surface area (Å²) in [4.78, 5) is 15.0. The number of carbonyl (C=O) groups is 1. The van der Waals surface area contributed by atoms with E-state index >= 15 is 0 Å². The van der Waals surface area contributed by atoms with Crippen LogP contribution in [0.4, 0.5) is 0 Å². The minimum absolute atomic E-state index is 0.256. The summed E-state index contributed by atoms with van der Waals surface area (Å²) in [6.07, 6.45) is 3.72. The fourth-order valence-electron chi connectivity index (χ4n) is 2.96. The number of nitrogens with zero attached hydrogens (tertiary/aromatic N) is 1. The Morgan fingerprint density at radius 3 is 2.78 bits per heavy atom. The third-order valence-electron chi connectivity index (χ3n) is 4.19. The minimum atomic E-state index is 0.256. The Hall–Kier alpha value is -1.94. The molecule has 2 aromatic rings. The second-order valence-electron chi connectivity index (χ2n) is 5.69. The summed E-state index contributed by atoms with van der Waals surface area (Å²) < 4.78 is 5.53. The highest BCUT2D eigenvalue weighted by atomic mass is 32.2. The summed E-state index contributed by atoms with van der Waals surface area (Å²) in [6.45, 7) is 1.54. The van der Waals surface area contributed by atoms with Gasteiger partial charge in [-0.3, -0.25) is 4.79 Å². The molecule has 1 aliphatic heterocycles. The molecule has 120 valence electrons. The molecule has 2 aromatic carbocycles. The number of hydrogen-bond donors (Lipinski definition) is 0. The molecule has 3 nitrogen and oxygen atoms in total.